The largest absolute Gasteiger partial charge is 0.726 e. The van der Waals surface area contributed by atoms with Gasteiger partial charge in [0.15, 0.2) is 4.98 Å². The Morgan fingerprint density at radius 1 is 1.33 bits per heavy atom. The standard InChI is InChI=1S/C7H7N2O.H2O4S/c8-9-7-3-1-6(5-10)2-4-7;1-5(2,3)4/h1-4,10H,5H2;(H2,1,2,3,4)/q+1;/p-1. The van der Waals surface area contributed by atoms with Gasteiger partial charge in [-0.3, -0.25) is 4.55 Å². The molecule has 82 valence electrons. The van der Waals surface area contributed by atoms with E-state index >= 15 is 0 Å². The van der Waals surface area contributed by atoms with E-state index in [9.17, 15) is 0 Å². The van der Waals surface area contributed by atoms with Crippen LogP contribution in [0.2, 0.25) is 0 Å². The van der Waals surface area contributed by atoms with Crippen LogP contribution in [0, 0.1) is 5.39 Å². The van der Waals surface area contributed by atoms with Crippen molar-refractivity contribution in [1.29, 1.82) is 5.39 Å². The van der Waals surface area contributed by atoms with Crippen molar-refractivity contribution in [3.8, 4) is 0 Å². The predicted molar refractivity (Wildman–Crippen MR) is 49.4 cm³/mol. The number of aliphatic hydroxyl groups is 1. The van der Waals surface area contributed by atoms with Crippen LogP contribution in [-0.4, -0.2) is 22.6 Å². The van der Waals surface area contributed by atoms with Crippen LogP contribution in [0.15, 0.2) is 24.3 Å². The van der Waals surface area contributed by atoms with Crippen molar-refractivity contribution in [3.05, 3.63) is 34.8 Å². The van der Waals surface area contributed by atoms with Crippen LogP contribution >= 0.6 is 0 Å². The quantitative estimate of drug-likeness (QED) is 0.416. The first-order valence-electron chi connectivity index (χ1n) is 3.60. The van der Waals surface area contributed by atoms with Crippen LogP contribution < -0.4 is 0 Å². The fourth-order valence-corrected chi connectivity index (χ4v) is 0.668. The summed E-state index contributed by atoms with van der Waals surface area (Å²) in [6, 6.07) is 6.67. The lowest BCUT2D eigenvalue weighted by molar-refractivity contribution is 0.282. The normalized spacial score (nSPS) is 9.73. The summed E-state index contributed by atoms with van der Waals surface area (Å²) in [7, 11) is -4.92. The van der Waals surface area contributed by atoms with E-state index in [1.165, 1.54) is 0 Å². The van der Waals surface area contributed by atoms with Gasteiger partial charge in [0.1, 0.15) is 0 Å². The summed E-state index contributed by atoms with van der Waals surface area (Å²) < 4.78 is 32.8. The summed E-state index contributed by atoms with van der Waals surface area (Å²) in [5.41, 5.74) is 1.31. The fraction of sp³-hybridized carbons (Fsp3) is 0.143. The van der Waals surface area contributed by atoms with Gasteiger partial charge in [0.05, 0.1) is 6.61 Å². The number of hydrogen-bond acceptors (Lipinski definition) is 5. The Morgan fingerprint density at radius 3 is 2.00 bits per heavy atom. The van der Waals surface area contributed by atoms with E-state index in [4.69, 9.17) is 28.0 Å². The SMILES string of the molecule is N#[N+]c1ccc(CO)cc1.O=S(=O)([O-])O. The van der Waals surface area contributed by atoms with Crippen molar-refractivity contribution in [3.63, 3.8) is 0 Å². The number of rotatable bonds is 1. The first-order chi connectivity index (χ1) is 6.86. The molecule has 0 radical (unpaired) electrons. The highest BCUT2D eigenvalue weighted by Crippen LogP contribution is 2.11. The average molecular weight is 232 g/mol. The molecular formula is C7H8N2O5S. The fourth-order valence-electron chi connectivity index (χ4n) is 0.668. The lowest BCUT2D eigenvalue weighted by atomic mass is 10.2. The Hall–Kier alpha value is -1.53. The van der Waals surface area contributed by atoms with Crippen LogP contribution in [-0.2, 0) is 17.0 Å². The van der Waals surface area contributed by atoms with Crippen LogP contribution in [0.1, 0.15) is 5.56 Å². The van der Waals surface area contributed by atoms with Crippen LogP contribution in [0.4, 0.5) is 5.69 Å². The molecule has 8 heteroatoms. The number of hydrogen-bond donors (Lipinski definition) is 2. The minimum absolute atomic E-state index is 0.0196. The van der Waals surface area contributed by atoms with Gasteiger partial charge < -0.3 is 9.66 Å². The molecule has 1 rings (SSSR count). The molecule has 0 aliphatic carbocycles. The van der Waals surface area contributed by atoms with E-state index in [2.05, 4.69) is 4.98 Å². The molecular weight excluding hydrogens is 224 g/mol. The van der Waals surface area contributed by atoms with Gasteiger partial charge in [-0.1, -0.05) is 0 Å². The summed E-state index contributed by atoms with van der Waals surface area (Å²) in [5.74, 6) is 0. The second-order valence-electron chi connectivity index (χ2n) is 2.35. The van der Waals surface area contributed by atoms with Crippen molar-refractivity contribution in [2.24, 2.45) is 0 Å². The maximum absolute atomic E-state index is 8.63. The minimum Gasteiger partial charge on any atom is -0.726 e. The first-order valence-corrected chi connectivity index (χ1v) is 4.96. The molecule has 0 aliphatic heterocycles. The lowest BCUT2D eigenvalue weighted by Crippen LogP contribution is -1.90. The molecule has 0 saturated heterocycles. The molecule has 0 saturated carbocycles. The van der Waals surface area contributed by atoms with Crippen LogP contribution in [0.25, 0.3) is 4.98 Å². The maximum atomic E-state index is 8.63. The second kappa shape index (κ2) is 6.05. The highest BCUT2D eigenvalue weighted by Gasteiger charge is 2.00. The zero-order valence-corrected chi connectivity index (χ0v) is 8.25. The number of benzene rings is 1. The molecule has 7 nitrogen and oxygen atoms in total. The smallest absolute Gasteiger partial charge is 0.385 e. The van der Waals surface area contributed by atoms with Crippen molar-refractivity contribution in [1.82, 2.24) is 0 Å². The third-order valence-corrected chi connectivity index (χ3v) is 1.23. The molecule has 0 bridgehead atoms. The molecule has 0 aromatic heterocycles. The average Bonchev–Trinajstić information content (AvgIpc) is 2.15. The van der Waals surface area contributed by atoms with Crippen molar-refractivity contribution in [2.75, 3.05) is 0 Å². The Labute approximate surface area is 86.2 Å². The van der Waals surface area contributed by atoms with Crippen LogP contribution in [0.5, 0.6) is 0 Å². The monoisotopic (exact) mass is 232 g/mol. The van der Waals surface area contributed by atoms with Gasteiger partial charge in [-0.15, -0.1) is 0 Å². The Bertz CT molecular complexity index is 425. The van der Waals surface area contributed by atoms with E-state index in [1.807, 2.05) is 0 Å². The zero-order valence-electron chi connectivity index (χ0n) is 7.44. The van der Waals surface area contributed by atoms with Gasteiger partial charge in [-0.2, -0.15) is 0 Å². The van der Waals surface area contributed by atoms with Gasteiger partial charge in [0.2, 0.25) is 15.8 Å². The minimum atomic E-state index is -4.92. The van der Waals surface area contributed by atoms with Gasteiger partial charge in [0, 0.05) is 12.1 Å². The summed E-state index contributed by atoms with van der Waals surface area (Å²) in [6.45, 7) is 0.0196. The molecule has 0 amide bonds. The first kappa shape index (κ1) is 13.5. The molecule has 0 atom stereocenters. The van der Waals surface area contributed by atoms with E-state index in [0.717, 1.165) is 5.56 Å². The molecule has 2 N–H and O–H groups in total. The molecule has 0 heterocycles. The summed E-state index contributed by atoms with van der Waals surface area (Å²) in [4.78, 5) is 2.96. The molecule has 0 spiro atoms. The molecule has 1 aromatic rings. The maximum Gasteiger partial charge on any atom is 0.385 e. The molecule has 0 unspecified atom stereocenters. The van der Waals surface area contributed by atoms with Crippen LogP contribution in [0.3, 0.4) is 0 Å². The van der Waals surface area contributed by atoms with E-state index in [0.29, 0.717) is 5.69 Å². The van der Waals surface area contributed by atoms with Crippen molar-refractivity contribution >= 4 is 16.1 Å². The van der Waals surface area contributed by atoms with Gasteiger partial charge >= 0.3 is 5.69 Å². The summed E-state index contributed by atoms with van der Waals surface area (Å²) in [5, 5.41) is 16.9. The predicted octanol–water partition coefficient (Wildman–Crippen LogP) is 0.668. The third-order valence-electron chi connectivity index (χ3n) is 1.23. The highest BCUT2D eigenvalue weighted by molar-refractivity contribution is 7.79. The van der Waals surface area contributed by atoms with Crippen molar-refractivity contribution < 1.29 is 22.6 Å². The van der Waals surface area contributed by atoms with E-state index in [-0.39, 0.29) is 6.61 Å². The highest BCUT2D eigenvalue weighted by atomic mass is 32.3. The summed E-state index contributed by atoms with van der Waals surface area (Å²) >= 11 is 0. The Morgan fingerprint density at radius 2 is 1.73 bits per heavy atom. The van der Waals surface area contributed by atoms with Crippen molar-refractivity contribution in [2.45, 2.75) is 6.61 Å². The molecule has 1 aromatic carbocycles. The lowest BCUT2D eigenvalue weighted by Gasteiger charge is -1.88. The number of diazo groups is 1. The molecule has 0 fully saturated rings. The van der Waals surface area contributed by atoms with Gasteiger partial charge in [0.25, 0.3) is 0 Å². The number of aliphatic hydroxyl groups excluding tert-OH is 1. The second-order valence-corrected chi connectivity index (χ2v) is 3.21. The van der Waals surface area contributed by atoms with Gasteiger partial charge in [-0.25, -0.2) is 8.42 Å². The third kappa shape index (κ3) is 8.79. The topological polar surface area (TPSA) is 126 Å². The van der Waals surface area contributed by atoms with E-state index < -0.39 is 10.4 Å². The zero-order chi connectivity index (χ0) is 11.9. The van der Waals surface area contributed by atoms with E-state index in [1.54, 1.807) is 24.3 Å². The van der Waals surface area contributed by atoms with Gasteiger partial charge in [-0.05, 0) is 17.7 Å². The molecule has 15 heavy (non-hydrogen) atoms. The Kier molecular flexibility index (Phi) is 5.43. The summed E-state index contributed by atoms with van der Waals surface area (Å²) in [6.07, 6.45) is 0. The Balaban J connectivity index is 0.000000336. The molecule has 0 aliphatic rings. The number of nitrogens with zero attached hydrogens (tertiary/aromatic N) is 2.